The number of nitrogens with zero attached hydrogens (tertiary/aromatic N) is 1. The van der Waals surface area contributed by atoms with E-state index >= 15 is 0 Å². The van der Waals surface area contributed by atoms with Crippen molar-refractivity contribution in [1.82, 2.24) is 20.9 Å². The zero-order valence-corrected chi connectivity index (χ0v) is 18.4. The highest BCUT2D eigenvalue weighted by molar-refractivity contribution is 6.10. The minimum Gasteiger partial charge on any atom is -0.497 e. The average Bonchev–Trinajstić information content (AvgIpc) is 3.53. The average molecular weight is 458 g/mol. The first-order valence-corrected chi connectivity index (χ1v) is 10.9. The molecule has 9 heteroatoms. The Morgan fingerprint density at radius 2 is 1.94 bits per heavy atom. The predicted octanol–water partition coefficient (Wildman–Crippen LogP) is 1.17. The molecule has 5 amide bonds. The minimum absolute atomic E-state index is 0.116. The van der Waals surface area contributed by atoms with E-state index in [1.54, 1.807) is 42.5 Å². The van der Waals surface area contributed by atoms with Crippen LogP contribution in [-0.2, 0) is 11.3 Å². The summed E-state index contributed by atoms with van der Waals surface area (Å²) in [5.41, 5.74) is 0.791. The van der Waals surface area contributed by atoms with E-state index in [4.69, 9.17) is 4.74 Å². The Morgan fingerprint density at radius 3 is 2.59 bits per heavy atom. The van der Waals surface area contributed by atoms with E-state index in [-0.39, 0.29) is 30.9 Å². The third kappa shape index (κ3) is 4.06. The van der Waals surface area contributed by atoms with E-state index in [0.717, 1.165) is 18.4 Å². The van der Waals surface area contributed by atoms with E-state index in [9.17, 15) is 19.2 Å². The summed E-state index contributed by atoms with van der Waals surface area (Å²) in [7, 11) is 1.52. The molecule has 9 nitrogen and oxygen atoms in total. The predicted molar refractivity (Wildman–Crippen MR) is 121 cm³/mol. The zero-order chi connectivity index (χ0) is 23.9. The second kappa shape index (κ2) is 8.23. The normalized spacial score (nSPS) is 20.7. The maximum absolute atomic E-state index is 13.0. The van der Waals surface area contributed by atoms with Crippen LogP contribution >= 0.6 is 0 Å². The number of fused-ring (bicyclic) bond motifs is 1. The number of hydrogen-bond acceptors (Lipinski definition) is 5. The lowest BCUT2D eigenvalue weighted by Gasteiger charge is -2.26. The summed E-state index contributed by atoms with van der Waals surface area (Å²) < 4.78 is 5.20. The molecule has 0 bridgehead atoms. The van der Waals surface area contributed by atoms with Crippen LogP contribution in [0.2, 0.25) is 0 Å². The number of rotatable bonds is 5. The van der Waals surface area contributed by atoms with Crippen LogP contribution in [0.5, 0.6) is 5.75 Å². The monoisotopic (exact) mass is 458 g/mol. The maximum Gasteiger partial charge on any atom is 0.323 e. The van der Waals surface area contributed by atoms with Gasteiger partial charge in [-0.05, 0) is 54.8 Å². The molecule has 0 radical (unpaired) electrons. The van der Waals surface area contributed by atoms with Crippen molar-refractivity contribution in [3.05, 3.63) is 64.7 Å². The van der Waals surface area contributed by atoms with E-state index < -0.39 is 17.5 Å². The van der Waals surface area contributed by atoms with Crippen molar-refractivity contribution in [3.8, 4) is 17.6 Å². The lowest BCUT2D eigenvalue weighted by atomic mass is 9.99. The van der Waals surface area contributed by atoms with E-state index in [0.29, 0.717) is 22.4 Å². The fourth-order valence-corrected chi connectivity index (χ4v) is 3.99. The lowest BCUT2D eigenvalue weighted by Crippen LogP contribution is -2.54. The van der Waals surface area contributed by atoms with Crippen molar-refractivity contribution in [1.29, 1.82) is 0 Å². The molecule has 1 atom stereocenters. The Morgan fingerprint density at radius 1 is 1.18 bits per heavy atom. The molecule has 3 aliphatic rings. The van der Waals surface area contributed by atoms with Crippen LogP contribution in [0.15, 0.2) is 42.5 Å². The Balaban J connectivity index is 1.37. The molecule has 1 saturated carbocycles. The SMILES string of the molecule is COc1ccc2c(c1)C(=O)N(C[C@@]1(C#Cc3ccc(C(=O)NC4CC4)cc3)NC(=O)NC1=O)C2. The van der Waals surface area contributed by atoms with Gasteiger partial charge < -0.3 is 20.3 Å². The van der Waals surface area contributed by atoms with E-state index in [1.807, 2.05) is 0 Å². The molecule has 2 fully saturated rings. The summed E-state index contributed by atoms with van der Waals surface area (Å²) in [5, 5.41) is 7.73. The number of urea groups is 1. The topological polar surface area (TPSA) is 117 Å². The Kier molecular flexibility index (Phi) is 5.21. The second-order valence-electron chi connectivity index (χ2n) is 8.57. The fourth-order valence-electron chi connectivity index (χ4n) is 3.99. The summed E-state index contributed by atoms with van der Waals surface area (Å²) in [6, 6.07) is 11.5. The molecule has 172 valence electrons. The number of carbonyl (C=O) groups is 4. The summed E-state index contributed by atoms with van der Waals surface area (Å²) in [5.74, 6) is 5.31. The van der Waals surface area contributed by atoms with Crippen LogP contribution < -0.4 is 20.7 Å². The van der Waals surface area contributed by atoms with Gasteiger partial charge in [-0.25, -0.2) is 4.79 Å². The molecule has 1 saturated heterocycles. The number of nitrogens with one attached hydrogen (secondary N) is 3. The van der Waals surface area contributed by atoms with Gasteiger partial charge in [-0.1, -0.05) is 17.9 Å². The smallest absolute Gasteiger partial charge is 0.323 e. The number of carbonyl (C=O) groups excluding carboxylic acids is 4. The van der Waals surface area contributed by atoms with Gasteiger partial charge in [0.2, 0.25) is 5.54 Å². The highest BCUT2D eigenvalue weighted by atomic mass is 16.5. The number of hydrogen-bond donors (Lipinski definition) is 3. The van der Waals surface area contributed by atoms with Crippen molar-refractivity contribution in [2.45, 2.75) is 31.0 Å². The Labute approximate surface area is 195 Å². The lowest BCUT2D eigenvalue weighted by molar-refractivity contribution is -0.122. The first kappa shape index (κ1) is 21.5. The van der Waals surface area contributed by atoms with Crippen molar-refractivity contribution >= 4 is 23.8 Å². The van der Waals surface area contributed by atoms with Gasteiger partial charge in [0.1, 0.15) is 5.75 Å². The van der Waals surface area contributed by atoms with Gasteiger partial charge in [0.05, 0.1) is 13.7 Å². The largest absolute Gasteiger partial charge is 0.497 e. The molecule has 5 rings (SSSR count). The molecule has 34 heavy (non-hydrogen) atoms. The van der Waals surface area contributed by atoms with E-state index in [2.05, 4.69) is 27.8 Å². The van der Waals surface area contributed by atoms with E-state index in [1.165, 1.54) is 12.0 Å². The summed E-state index contributed by atoms with van der Waals surface area (Å²) in [6.07, 6.45) is 2.01. The summed E-state index contributed by atoms with van der Waals surface area (Å²) >= 11 is 0. The number of methoxy groups -OCH3 is 1. The van der Waals surface area contributed by atoms with Gasteiger partial charge in [0.15, 0.2) is 0 Å². The van der Waals surface area contributed by atoms with Crippen LogP contribution in [0.3, 0.4) is 0 Å². The molecule has 3 N–H and O–H groups in total. The van der Waals surface area contributed by atoms with Crippen LogP contribution in [0.25, 0.3) is 0 Å². The molecule has 2 aliphatic heterocycles. The zero-order valence-electron chi connectivity index (χ0n) is 18.4. The molecule has 2 aromatic carbocycles. The molecule has 0 spiro atoms. The minimum atomic E-state index is -1.60. The Hall–Kier alpha value is -4.32. The van der Waals surface area contributed by atoms with Crippen LogP contribution in [0.1, 0.15) is 44.7 Å². The van der Waals surface area contributed by atoms with Gasteiger partial charge in [-0.3, -0.25) is 19.7 Å². The first-order chi connectivity index (χ1) is 16.4. The summed E-state index contributed by atoms with van der Waals surface area (Å²) in [6.45, 7) is 0.171. The van der Waals surface area contributed by atoms with Gasteiger partial charge in [-0.2, -0.15) is 0 Å². The molecular formula is C25H22N4O5. The van der Waals surface area contributed by atoms with Crippen LogP contribution in [0, 0.1) is 11.8 Å². The highest BCUT2D eigenvalue weighted by Crippen LogP contribution is 2.28. The van der Waals surface area contributed by atoms with Crippen LogP contribution in [0.4, 0.5) is 4.79 Å². The quantitative estimate of drug-likeness (QED) is 0.460. The Bertz CT molecular complexity index is 1270. The molecular weight excluding hydrogens is 436 g/mol. The van der Waals surface area contributed by atoms with Gasteiger partial charge in [-0.15, -0.1) is 0 Å². The van der Waals surface area contributed by atoms with Crippen molar-refractivity contribution < 1.29 is 23.9 Å². The molecule has 2 aromatic rings. The molecule has 0 aromatic heterocycles. The standard InChI is InChI=1S/C25H22N4O5/c1-34-19-9-6-17-13-29(22(31)20(17)12-19)14-25(23(32)27-24(33)28-25)11-10-15-2-4-16(5-3-15)21(30)26-18-7-8-18/h2-6,9,12,18H,7-8,13-14H2,1H3,(H,26,30)(H2,27,28,32,33)/t25-/m1/s1. The van der Waals surface area contributed by atoms with Crippen molar-refractivity contribution in [2.24, 2.45) is 0 Å². The third-order valence-corrected chi connectivity index (χ3v) is 6.05. The van der Waals surface area contributed by atoms with Crippen molar-refractivity contribution in [3.63, 3.8) is 0 Å². The number of imide groups is 1. The number of amides is 5. The van der Waals surface area contributed by atoms with Gasteiger partial charge >= 0.3 is 6.03 Å². The second-order valence-corrected chi connectivity index (χ2v) is 8.57. The maximum atomic E-state index is 13.0. The highest BCUT2D eigenvalue weighted by Gasteiger charge is 2.48. The first-order valence-electron chi connectivity index (χ1n) is 10.9. The molecule has 0 unspecified atom stereocenters. The number of ether oxygens (including phenoxy) is 1. The van der Waals surface area contributed by atoms with Crippen molar-refractivity contribution in [2.75, 3.05) is 13.7 Å². The van der Waals surface area contributed by atoms with Crippen LogP contribution in [-0.4, -0.2) is 53.9 Å². The molecule has 2 heterocycles. The van der Waals surface area contributed by atoms with Gasteiger partial charge in [0, 0.05) is 29.3 Å². The van der Waals surface area contributed by atoms with Gasteiger partial charge in [0.25, 0.3) is 17.7 Å². The number of benzene rings is 2. The third-order valence-electron chi connectivity index (χ3n) is 6.05. The molecule has 1 aliphatic carbocycles. The summed E-state index contributed by atoms with van der Waals surface area (Å²) in [4.78, 5) is 51.3. The fraction of sp³-hybridized carbons (Fsp3) is 0.280.